The molecule has 4 rings (SSSR count). The Kier molecular flexibility index (Phi) is 2.15. The largest absolute Gasteiger partial charge is 0.374 e. The molecule has 20 heavy (non-hydrogen) atoms. The van der Waals surface area contributed by atoms with E-state index in [9.17, 15) is 4.79 Å². The highest BCUT2D eigenvalue weighted by Crippen LogP contribution is 2.53. The van der Waals surface area contributed by atoms with Gasteiger partial charge in [-0.2, -0.15) is 0 Å². The van der Waals surface area contributed by atoms with Gasteiger partial charge in [0, 0.05) is 17.8 Å². The van der Waals surface area contributed by atoms with Gasteiger partial charge in [-0.05, 0) is 38.3 Å². The number of nitrogens with zero attached hydrogens (tertiary/aromatic N) is 2. The minimum Gasteiger partial charge on any atom is -0.374 e. The van der Waals surface area contributed by atoms with Gasteiger partial charge in [-0.3, -0.25) is 4.79 Å². The molecule has 3 heterocycles. The Balaban J connectivity index is 1.80. The molecule has 1 amide bonds. The van der Waals surface area contributed by atoms with Gasteiger partial charge in [-0.1, -0.05) is 0 Å². The summed E-state index contributed by atoms with van der Waals surface area (Å²) < 4.78 is 7.82. The Hall–Kier alpha value is -1.88. The maximum absolute atomic E-state index is 11.2. The van der Waals surface area contributed by atoms with Crippen LogP contribution in [0.4, 0.5) is 0 Å². The van der Waals surface area contributed by atoms with Crippen molar-refractivity contribution in [3.8, 4) is 0 Å². The second-order valence-electron chi connectivity index (χ2n) is 6.37. The average Bonchev–Trinajstić information content (AvgIpc) is 3.07. The fraction of sp³-hybridized carbons (Fsp3) is 0.467. The Morgan fingerprint density at radius 1 is 1.40 bits per heavy atom. The van der Waals surface area contributed by atoms with Crippen LogP contribution in [-0.2, 0) is 10.2 Å². The van der Waals surface area contributed by atoms with Crippen molar-refractivity contribution >= 4 is 11.6 Å². The third-order valence-electron chi connectivity index (χ3n) is 4.82. The van der Waals surface area contributed by atoms with Crippen LogP contribution in [0.2, 0.25) is 0 Å². The molecule has 104 valence electrons. The fourth-order valence-corrected chi connectivity index (χ4v) is 3.64. The highest BCUT2D eigenvalue weighted by atomic mass is 16.5. The zero-order chi connectivity index (χ0) is 14.0. The molecule has 5 heteroatoms. The van der Waals surface area contributed by atoms with E-state index in [0.717, 1.165) is 37.2 Å². The standard InChI is InChI=1S/C15H17N3O2/c1-14-4-5-15(8-14,9-20-14)11-7-18-6-10(13(16)19)2-3-12(18)17-11/h2-3,6-7H,4-5,8-9H2,1H3,(H2,16,19)/t14-,15-/m0/s1. The number of rotatable bonds is 2. The number of carbonyl (C=O) groups is 1. The van der Waals surface area contributed by atoms with Gasteiger partial charge < -0.3 is 14.9 Å². The number of aromatic nitrogens is 2. The fourth-order valence-electron chi connectivity index (χ4n) is 3.64. The first-order chi connectivity index (χ1) is 9.50. The van der Waals surface area contributed by atoms with E-state index in [1.165, 1.54) is 0 Å². The molecule has 0 radical (unpaired) electrons. The van der Waals surface area contributed by atoms with Crippen LogP contribution >= 0.6 is 0 Å². The van der Waals surface area contributed by atoms with Crippen molar-refractivity contribution in [3.05, 3.63) is 35.8 Å². The van der Waals surface area contributed by atoms with Crippen molar-refractivity contribution in [1.29, 1.82) is 0 Å². The minimum atomic E-state index is -0.419. The van der Waals surface area contributed by atoms with Crippen LogP contribution in [0.5, 0.6) is 0 Å². The molecule has 2 fully saturated rings. The molecule has 0 unspecified atom stereocenters. The molecule has 5 nitrogen and oxygen atoms in total. The predicted molar refractivity (Wildman–Crippen MR) is 73.6 cm³/mol. The number of hydrogen-bond acceptors (Lipinski definition) is 3. The van der Waals surface area contributed by atoms with Crippen LogP contribution in [0.1, 0.15) is 42.2 Å². The quantitative estimate of drug-likeness (QED) is 0.902. The molecular formula is C15H17N3O2. The number of carbonyl (C=O) groups excluding carboxylic acids is 1. The van der Waals surface area contributed by atoms with Crippen molar-refractivity contribution in [3.63, 3.8) is 0 Å². The summed E-state index contributed by atoms with van der Waals surface area (Å²) in [6.07, 6.45) is 7.01. The molecule has 2 aromatic heterocycles. The van der Waals surface area contributed by atoms with Gasteiger partial charge in [0.1, 0.15) is 5.65 Å². The van der Waals surface area contributed by atoms with E-state index in [4.69, 9.17) is 15.5 Å². The predicted octanol–water partition coefficient (Wildman–Crippen LogP) is 1.64. The van der Waals surface area contributed by atoms with Crippen LogP contribution in [-0.4, -0.2) is 27.5 Å². The Morgan fingerprint density at radius 3 is 2.85 bits per heavy atom. The van der Waals surface area contributed by atoms with Crippen molar-refractivity contribution in [2.75, 3.05) is 6.61 Å². The lowest BCUT2D eigenvalue weighted by Gasteiger charge is -2.24. The molecule has 2 bridgehead atoms. The molecule has 1 aliphatic carbocycles. The van der Waals surface area contributed by atoms with Crippen LogP contribution in [0.15, 0.2) is 24.5 Å². The lowest BCUT2D eigenvalue weighted by molar-refractivity contribution is -0.00627. The van der Waals surface area contributed by atoms with E-state index in [-0.39, 0.29) is 11.0 Å². The molecular weight excluding hydrogens is 254 g/mol. The molecule has 0 aromatic carbocycles. The van der Waals surface area contributed by atoms with Gasteiger partial charge in [0.2, 0.25) is 5.91 Å². The first-order valence-electron chi connectivity index (χ1n) is 6.93. The zero-order valence-electron chi connectivity index (χ0n) is 11.4. The van der Waals surface area contributed by atoms with Gasteiger partial charge >= 0.3 is 0 Å². The summed E-state index contributed by atoms with van der Waals surface area (Å²) in [5.74, 6) is -0.419. The van der Waals surface area contributed by atoms with Crippen molar-refractivity contribution in [1.82, 2.24) is 9.38 Å². The SMILES string of the molecule is C[C@@]12CC[C@@](c3cn4cc(C(N)=O)ccc4n3)(CO1)C2. The summed E-state index contributed by atoms with van der Waals surface area (Å²) in [6, 6.07) is 3.56. The molecule has 0 spiro atoms. The second kappa shape index (κ2) is 3.61. The number of pyridine rings is 1. The number of imidazole rings is 1. The van der Waals surface area contributed by atoms with Gasteiger partial charge in [-0.25, -0.2) is 4.98 Å². The Labute approximate surface area is 116 Å². The lowest BCUT2D eigenvalue weighted by atomic mass is 9.84. The Bertz CT molecular complexity index is 711. The minimum absolute atomic E-state index is 0.0220. The number of ether oxygens (including phenoxy) is 1. The van der Waals surface area contributed by atoms with E-state index >= 15 is 0 Å². The molecule has 1 saturated heterocycles. The Morgan fingerprint density at radius 2 is 2.25 bits per heavy atom. The first-order valence-corrected chi connectivity index (χ1v) is 6.93. The number of fused-ring (bicyclic) bond motifs is 3. The van der Waals surface area contributed by atoms with E-state index in [1.54, 1.807) is 12.3 Å². The highest BCUT2D eigenvalue weighted by molar-refractivity contribution is 5.92. The monoisotopic (exact) mass is 271 g/mol. The maximum atomic E-state index is 11.2. The molecule has 2 N–H and O–H groups in total. The zero-order valence-corrected chi connectivity index (χ0v) is 11.4. The highest BCUT2D eigenvalue weighted by Gasteiger charge is 2.55. The summed E-state index contributed by atoms with van der Waals surface area (Å²) in [6.45, 7) is 2.93. The van der Waals surface area contributed by atoms with Crippen LogP contribution in [0.3, 0.4) is 0 Å². The van der Waals surface area contributed by atoms with E-state index in [1.807, 2.05) is 16.7 Å². The molecule has 1 saturated carbocycles. The number of hydrogen-bond donors (Lipinski definition) is 1. The van der Waals surface area contributed by atoms with Crippen LogP contribution < -0.4 is 5.73 Å². The molecule has 2 atom stereocenters. The summed E-state index contributed by atoms with van der Waals surface area (Å²) in [7, 11) is 0. The third kappa shape index (κ3) is 1.53. The van der Waals surface area contributed by atoms with Gasteiger partial charge in [-0.15, -0.1) is 0 Å². The summed E-state index contributed by atoms with van der Waals surface area (Å²) in [5.41, 5.74) is 7.80. The summed E-state index contributed by atoms with van der Waals surface area (Å²) in [5, 5.41) is 0. The van der Waals surface area contributed by atoms with Crippen molar-refractivity contribution < 1.29 is 9.53 Å². The van der Waals surface area contributed by atoms with E-state index in [0.29, 0.717) is 5.56 Å². The van der Waals surface area contributed by atoms with Crippen molar-refractivity contribution in [2.24, 2.45) is 5.73 Å². The van der Waals surface area contributed by atoms with Gasteiger partial charge in [0.05, 0.1) is 23.5 Å². The van der Waals surface area contributed by atoms with E-state index < -0.39 is 5.91 Å². The molecule has 1 aliphatic heterocycles. The average molecular weight is 271 g/mol. The number of primary amides is 1. The van der Waals surface area contributed by atoms with Crippen LogP contribution in [0.25, 0.3) is 5.65 Å². The molecule has 2 aromatic rings. The normalized spacial score (nSPS) is 32.0. The topological polar surface area (TPSA) is 69.6 Å². The van der Waals surface area contributed by atoms with Crippen LogP contribution in [0, 0.1) is 0 Å². The maximum Gasteiger partial charge on any atom is 0.250 e. The molecule has 2 aliphatic rings. The first kappa shape index (κ1) is 11.9. The number of amides is 1. The van der Waals surface area contributed by atoms with Gasteiger partial charge in [0.25, 0.3) is 0 Å². The third-order valence-corrected chi connectivity index (χ3v) is 4.82. The lowest BCUT2D eigenvalue weighted by Crippen LogP contribution is -2.26. The number of nitrogens with two attached hydrogens (primary N) is 1. The van der Waals surface area contributed by atoms with Crippen molar-refractivity contribution in [2.45, 2.75) is 37.2 Å². The van der Waals surface area contributed by atoms with E-state index in [2.05, 4.69) is 6.92 Å². The summed E-state index contributed by atoms with van der Waals surface area (Å²) >= 11 is 0. The smallest absolute Gasteiger partial charge is 0.250 e. The summed E-state index contributed by atoms with van der Waals surface area (Å²) in [4.78, 5) is 16.0. The van der Waals surface area contributed by atoms with Gasteiger partial charge in [0.15, 0.2) is 0 Å². The second-order valence-corrected chi connectivity index (χ2v) is 6.37.